The molecule has 2 aromatic carbocycles. The fraction of sp³-hybridized carbons (Fsp3) is 0.375. The normalized spacial score (nSPS) is 13.3. The molecule has 0 fully saturated rings. The van der Waals surface area contributed by atoms with Crippen LogP contribution in [0.1, 0.15) is 25.5 Å². The van der Waals surface area contributed by atoms with Crippen molar-refractivity contribution >= 4 is 20.6 Å². The van der Waals surface area contributed by atoms with Gasteiger partial charge in [-0.1, -0.05) is 43.3 Å². The molecule has 2 aromatic rings. The summed E-state index contributed by atoms with van der Waals surface area (Å²) in [6.07, 6.45) is 0. The van der Waals surface area contributed by atoms with E-state index >= 15 is 0 Å². The topological polar surface area (TPSA) is 69.4 Å². The van der Waals surface area contributed by atoms with Gasteiger partial charge >= 0.3 is 0 Å². The number of ether oxygens (including phenoxy) is 1. The standard InChI is InChI=1S/C16H21NO3S/c1-3-21(18,19)11-10-20-16-14(12(2)17)9-8-13-6-4-5-7-15(13)16/h4-9,12H,3,10-11,17H2,1-2H3/t12-/m0/s1. The second-order valence-electron chi connectivity index (χ2n) is 5.08. The van der Waals surface area contributed by atoms with Crippen LogP contribution >= 0.6 is 0 Å². The van der Waals surface area contributed by atoms with Crippen LogP contribution in [0.3, 0.4) is 0 Å². The molecule has 0 aliphatic rings. The van der Waals surface area contributed by atoms with E-state index in [1.54, 1.807) is 6.92 Å². The lowest BCUT2D eigenvalue weighted by Crippen LogP contribution is -2.17. The molecule has 0 bridgehead atoms. The molecule has 4 nitrogen and oxygen atoms in total. The lowest BCUT2D eigenvalue weighted by molar-refractivity contribution is 0.339. The zero-order valence-corrected chi connectivity index (χ0v) is 13.2. The molecule has 0 radical (unpaired) electrons. The highest BCUT2D eigenvalue weighted by atomic mass is 32.2. The van der Waals surface area contributed by atoms with Crippen molar-refractivity contribution < 1.29 is 13.2 Å². The van der Waals surface area contributed by atoms with Crippen LogP contribution in [0.25, 0.3) is 10.8 Å². The summed E-state index contributed by atoms with van der Waals surface area (Å²) in [4.78, 5) is 0. The molecule has 1 atom stereocenters. The maximum absolute atomic E-state index is 11.6. The monoisotopic (exact) mass is 307 g/mol. The summed E-state index contributed by atoms with van der Waals surface area (Å²) in [5.41, 5.74) is 6.88. The van der Waals surface area contributed by atoms with Gasteiger partial charge in [-0.3, -0.25) is 0 Å². The quantitative estimate of drug-likeness (QED) is 0.891. The molecule has 2 rings (SSSR count). The Kier molecular flexibility index (Phi) is 4.85. The molecule has 0 aromatic heterocycles. The molecule has 0 saturated carbocycles. The zero-order valence-electron chi connectivity index (χ0n) is 12.4. The predicted molar refractivity (Wildman–Crippen MR) is 86.4 cm³/mol. The Hall–Kier alpha value is -1.59. The summed E-state index contributed by atoms with van der Waals surface area (Å²) in [5, 5.41) is 2.01. The van der Waals surface area contributed by atoms with Crippen molar-refractivity contribution in [1.82, 2.24) is 0 Å². The van der Waals surface area contributed by atoms with Crippen LogP contribution in [-0.2, 0) is 9.84 Å². The van der Waals surface area contributed by atoms with Gasteiger partial charge in [0.2, 0.25) is 0 Å². The Morgan fingerprint density at radius 2 is 1.90 bits per heavy atom. The largest absolute Gasteiger partial charge is 0.492 e. The zero-order chi connectivity index (χ0) is 15.5. The van der Waals surface area contributed by atoms with Crippen molar-refractivity contribution in [2.24, 2.45) is 5.73 Å². The van der Waals surface area contributed by atoms with E-state index < -0.39 is 9.84 Å². The lowest BCUT2D eigenvalue weighted by Gasteiger charge is -2.16. The lowest BCUT2D eigenvalue weighted by atomic mass is 10.0. The van der Waals surface area contributed by atoms with Crippen molar-refractivity contribution in [2.45, 2.75) is 19.9 Å². The maximum Gasteiger partial charge on any atom is 0.153 e. The number of rotatable bonds is 6. The minimum Gasteiger partial charge on any atom is -0.492 e. The van der Waals surface area contributed by atoms with Crippen LogP contribution in [0.2, 0.25) is 0 Å². The summed E-state index contributed by atoms with van der Waals surface area (Å²) in [6, 6.07) is 11.6. The second kappa shape index (κ2) is 6.45. The Balaban J connectivity index is 2.34. The van der Waals surface area contributed by atoms with Crippen LogP contribution in [0.5, 0.6) is 5.75 Å². The van der Waals surface area contributed by atoms with Crippen molar-refractivity contribution in [2.75, 3.05) is 18.1 Å². The molecule has 0 aliphatic heterocycles. The first kappa shape index (κ1) is 15.8. The highest BCUT2D eigenvalue weighted by molar-refractivity contribution is 7.91. The van der Waals surface area contributed by atoms with Crippen LogP contribution in [-0.4, -0.2) is 26.5 Å². The van der Waals surface area contributed by atoms with Crippen molar-refractivity contribution in [3.63, 3.8) is 0 Å². The van der Waals surface area contributed by atoms with Gasteiger partial charge in [0.15, 0.2) is 9.84 Å². The molecule has 2 N–H and O–H groups in total. The summed E-state index contributed by atoms with van der Waals surface area (Å²) < 4.78 is 28.9. The smallest absolute Gasteiger partial charge is 0.153 e. The van der Waals surface area contributed by atoms with E-state index in [2.05, 4.69) is 0 Å². The van der Waals surface area contributed by atoms with Gasteiger partial charge in [0.25, 0.3) is 0 Å². The minimum absolute atomic E-state index is 0.0190. The van der Waals surface area contributed by atoms with Crippen LogP contribution < -0.4 is 10.5 Å². The molecule has 114 valence electrons. The molecular weight excluding hydrogens is 286 g/mol. The maximum atomic E-state index is 11.6. The summed E-state index contributed by atoms with van der Waals surface area (Å²) in [5.74, 6) is 0.839. The predicted octanol–water partition coefficient (Wildman–Crippen LogP) is 2.67. The van der Waals surface area contributed by atoms with E-state index in [1.165, 1.54) is 0 Å². The van der Waals surface area contributed by atoms with Gasteiger partial charge in [0.1, 0.15) is 12.4 Å². The van der Waals surface area contributed by atoms with Crippen LogP contribution in [0, 0.1) is 0 Å². The SMILES string of the molecule is CCS(=O)(=O)CCOc1c([C@H](C)N)ccc2ccccc12. The number of benzene rings is 2. The summed E-state index contributed by atoms with van der Waals surface area (Å²) >= 11 is 0. The average Bonchev–Trinajstić information content (AvgIpc) is 2.47. The highest BCUT2D eigenvalue weighted by Crippen LogP contribution is 2.32. The number of nitrogens with two attached hydrogens (primary N) is 1. The van der Waals surface area contributed by atoms with E-state index in [9.17, 15) is 8.42 Å². The van der Waals surface area contributed by atoms with Gasteiger partial charge < -0.3 is 10.5 Å². The molecule has 0 heterocycles. The van der Waals surface area contributed by atoms with Gasteiger partial charge in [-0.05, 0) is 12.3 Å². The number of sulfone groups is 1. The number of hydrogen-bond acceptors (Lipinski definition) is 4. The first-order valence-corrected chi connectivity index (χ1v) is 8.87. The van der Waals surface area contributed by atoms with Crippen molar-refractivity contribution in [1.29, 1.82) is 0 Å². The molecule has 0 amide bonds. The summed E-state index contributed by atoms with van der Waals surface area (Å²) in [6.45, 7) is 3.67. The highest BCUT2D eigenvalue weighted by Gasteiger charge is 2.14. The van der Waals surface area contributed by atoms with Gasteiger partial charge in [-0.2, -0.15) is 0 Å². The molecule has 0 unspecified atom stereocenters. The van der Waals surface area contributed by atoms with E-state index in [-0.39, 0.29) is 24.2 Å². The van der Waals surface area contributed by atoms with Gasteiger partial charge in [0, 0.05) is 22.7 Å². The fourth-order valence-corrected chi connectivity index (χ4v) is 2.82. The third-order valence-corrected chi connectivity index (χ3v) is 5.15. The third kappa shape index (κ3) is 3.74. The van der Waals surface area contributed by atoms with E-state index in [1.807, 2.05) is 43.3 Å². The minimum atomic E-state index is -3.03. The van der Waals surface area contributed by atoms with Crippen molar-refractivity contribution in [3.8, 4) is 5.75 Å². The second-order valence-corrected chi connectivity index (χ2v) is 7.55. The molecule has 5 heteroatoms. The molecule has 21 heavy (non-hydrogen) atoms. The van der Waals surface area contributed by atoms with Crippen LogP contribution in [0.15, 0.2) is 36.4 Å². The van der Waals surface area contributed by atoms with Gasteiger partial charge in [-0.25, -0.2) is 8.42 Å². The number of hydrogen-bond donors (Lipinski definition) is 1. The summed E-state index contributed by atoms with van der Waals surface area (Å²) in [7, 11) is -3.03. The Labute approximate surface area is 125 Å². The average molecular weight is 307 g/mol. The van der Waals surface area contributed by atoms with Crippen LogP contribution in [0.4, 0.5) is 0 Å². The van der Waals surface area contributed by atoms with Gasteiger partial charge in [-0.15, -0.1) is 0 Å². The van der Waals surface area contributed by atoms with E-state index in [0.29, 0.717) is 5.75 Å². The van der Waals surface area contributed by atoms with Crippen molar-refractivity contribution in [3.05, 3.63) is 42.0 Å². The van der Waals surface area contributed by atoms with Gasteiger partial charge in [0.05, 0.1) is 5.75 Å². The fourth-order valence-electron chi connectivity index (χ4n) is 2.19. The Morgan fingerprint density at radius 1 is 1.19 bits per heavy atom. The molecule has 0 aliphatic carbocycles. The first-order chi connectivity index (χ1) is 9.94. The first-order valence-electron chi connectivity index (χ1n) is 7.05. The number of fused-ring (bicyclic) bond motifs is 1. The molecular formula is C16H21NO3S. The third-order valence-electron chi connectivity index (χ3n) is 3.48. The molecule has 0 saturated heterocycles. The molecule has 0 spiro atoms. The Morgan fingerprint density at radius 3 is 2.57 bits per heavy atom. The van der Waals surface area contributed by atoms with E-state index in [4.69, 9.17) is 10.5 Å². The Bertz CT molecular complexity index is 723. The van der Waals surface area contributed by atoms with E-state index in [0.717, 1.165) is 16.3 Å².